The van der Waals surface area contributed by atoms with Gasteiger partial charge in [-0.2, -0.15) is 0 Å². The number of hydrogen-bond donors (Lipinski definition) is 1. The van der Waals surface area contributed by atoms with E-state index in [0.29, 0.717) is 13.0 Å². The number of Topliss-reactive ketones (excluding diaryl/α,β-unsaturated/α-hetero) is 1. The second kappa shape index (κ2) is 16.4. The third-order valence-electron chi connectivity index (χ3n) is 4.57. The van der Waals surface area contributed by atoms with Crippen LogP contribution in [0.5, 0.6) is 0 Å². The summed E-state index contributed by atoms with van der Waals surface area (Å²) in [5, 5.41) is 5.26. The van der Waals surface area contributed by atoms with Crippen molar-refractivity contribution in [1.29, 1.82) is 0 Å². The van der Waals surface area contributed by atoms with Crippen molar-refractivity contribution < 1.29 is 9.59 Å². The van der Waals surface area contributed by atoms with Gasteiger partial charge in [-0.15, -0.1) is 0 Å². The number of unbranched alkanes of at least 4 members (excludes halogenated alkanes) is 7. The fourth-order valence-electron chi connectivity index (χ4n) is 2.81. The Labute approximate surface area is 159 Å². The minimum absolute atomic E-state index is 0.00287. The van der Waals surface area contributed by atoms with Gasteiger partial charge in [0, 0.05) is 12.5 Å². The van der Waals surface area contributed by atoms with E-state index < -0.39 is 0 Å². The molecule has 0 heterocycles. The van der Waals surface area contributed by atoms with Gasteiger partial charge in [0.15, 0.2) is 5.78 Å². The zero-order chi connectivity index (χ0) is 18.9. The summed E-state index contributed by atoms with van der Waals surface area (Å²) in [6.07, 6.45) is 12.0. The standard InChI is InChI=1S/C20H36N2O2S/c1-4-5-6-7-8-9-10-13-17(2)20(24)22-19(18(3)23)14-11-12-15-21-16-25/h17,19H,4-15H2,1-3H3,(H,22,24). The molecule has 0 bridgehead atoms. The van der Waals surface area contributed by atoms with Crippen LogP contribution in [-0.2, 0) is 9.59 Å². The Bertz CT molecular complexity index is 420. The van der Waals surface area contributed by atoms with Gasteiger partial charge in [-0.05, 0) is 44.8 Å². The van der Waals surface area contributed by atoms with E-state index in [0.717, 1.165) is 25.7 Å². The Kier molecular flexibility index (Phi) is 15.7. The van der Waals surface area contributed by atoms with Crippen molar-refractivity contribution in [3.8, 4) is 0 Å². The van der Waals surface area contributed by atoms with Gasteiger partial charge >= 0.3 is 0 Å². The molecule has 2 atom stereocenters. The van der Waals surface area contributed by atoms with Crippen molar-refractivity contribution in [1.82, 2.24) is 5.32 Å². The number of ketones is 1. The van der Waals surface area contributed by atoms with Crippen molar-refractivity contribution >= 4 is 29.1 Å². The van der Waals surface area contributed by atoms with Crippen LogP contribution in [0.3, 0.4) is 0 Å². The van der Waals surface area contributed by atoms with E-state index in [1.165, 1.54) is 38.5 Å². The topological polar surface area (TPSA) is 58.5 Å². The third kappa shape index (κ3) is 13.9. The number of nitrogens with one attached hydrogen (secondary N) is 1. The highest BCUT2D eigenvalue weighted by atomic mass is 32.1. The monoisotopic (exact) mass is 368 g/mol. The van der Waals surface area contributed by atoms with E-state index in [9.17, 15) is 9.59 Å². The molecule has 0 aromatic carbocycles. The van der Waals surface area contributed by atoms with Crippen LogP contribution in [0.15, 0.2) is 4.99 Å². The smallest absolute Gasteiger partial charge is 0.223 e. The molecule has 4 nitrogen and oxygen atoms in total. The van der Waals surface area contributed by atoms with Crippen molar-refractivity contribution in [3.05, 3.63) is 0 Å². The molecule has 0 rings (SSSR count). The predicted molar refractivity (Wildman–Crippen MR) is 108 cm³/mol. The van der Waals surface area contributed by atoms with Gasteiger partial charge in [0.2, 0.25) is 5.91 Å². The number of nitrogens with zero attached hydrogens (tertiary/aromatic N) is 1. The highest BCUT2D eigenvalue weighted by molar-refractivity contribution is 7.78. The molecule has 5 heteroatoms. The molecule has 0 aromatic rings. The minimum Gasteiger partial charge on any atom is -0.346 e. The molecular weight excluding hydrogens is 332 g/mol. The maximum Gasteiger partial charge on any atom is 0.223 e. The van der Waals surface area contributed by atoms with Crippen molar-refractivity contribution in [2.24, 2.45) is 10.9 Å². The summed E-state index contributed by atoms with van der Waals surface area (Å²) in [6.45, 7) is 6.36. The van der Waals surface area contributed by atoms with Crippen LogP contribution in [0.1, 0.15) is 91.4 Å². The first-order chi connectivity index (χ1) is 12.0. The van der Waals surface area contributed by atoms with Crippen molar-refractivity contribution in [3.63, 3.8) is 0 Å². The van der Waals surface area contributed by atoms with Crippen LogP contribution in [0.25, 0.3) is 0 Å². The van der Waals surface area contributed by atoms with Gasteiger partial charge in [-0.25, -0.2) is 4.99 Å². The van der Waals surface area contributed by atoms with Crippen molar-refractivity contribution in [2.45, 2.75) is 97.4 Å². The van der Waals surface area contributed by atoms with Crippen LogP contribution in [-0.4, -0.2) is 29.4 Å². The summed E-state index contributed by atoms with van der Waals surface area (Å²) < 4.78 is 0. The lowest BCUT2D eigenvalue weighted by atomic mass is 9.99. The first-order valence-electron chi connectivity index (χ1n) is 9.87. The van der Waals surface area contributed by atoms with E-state index in [-0.39, 0.29) is 23.7 Å². The maximum absolute atomic E-state index is 12.3. The average molecular weight is 369 g/mol. The normalized spacial score (nSPS) is 12.9. The Balaban J connectivity index is 3.97. The van der Waals surface area contributed by atoms with E-state index in [1.54, 1.807) is 6.92 Å². The Morgan fingerprint density at radius 3 is 2.20 bits per heavy atom. The molecule has 0 spiro atoms. The molecule has 0 aliphatic heterocycles. The molecule has 0 saturated carbocycles. The van der Waals surface area contributed by atoms with E-state index in [1.807, 2.05) is 6.92 Å². The number of hydrogen-bond acceptors (Lipinski definition) is 4. The first-order valence-corrected chi connectivity index (χ1v) is 10.3. The molecule has 2 unspecified atom stereocenters. The molecule has 0 fully saturated rings. The van der Waals surface area contributed by atoms with Gasteiger partial charge in [-0.1, -0.05) is 58.8 Å². The van der Waals surface area contributed by atoms with E-state index >= 15 is 0 Å². The Morgan fingerprint density at radius 1 is 1.00 bits per heavy atom. The van der Waals surface area contributed by atoms with Gasteiger partial charge in [-0.3, -0.25) is 9.59 Å². The SMILES string of the molecule is CCCCCCCCCC(C)C(=O)NC(CCCCN=C=S)C(C)=O. The van der Waals surface area contributed by atoms with Crippen LogP contribution in [0, 0.1) is 5.92 Å². The molecule has 1 amide bonds. The molecule has 0 aromatic heterocycles. The summed E-state index contributed by atoms with van der Waals surface area (Å²) in [7, 11) is 0. The lowest BCUT2D eigenvalue weighted by Crippen LogP contribution is -2.42. The molecule has 25 heavy (non-hydrogen) atoms. The summed E-state index contributed by atoms with van der Waals surface area (Å²) in [6, 6.07) is -0.375. The lowest BCUT2D eigenvalue weighted by molar-refractivity contribution is -0.129. The van der Waals surface area contributed by atoms with Crippen LogP contribution >= 0.6 is 12.2 Å². The summed E-state index contributed by atoms with van der Waals surface area (Å²) in [5.41, 5.74) is 0. The lowest BCUT2D eigenvalue weighted by Gasteiger charge is -2.19. The second-order valence-electron chi connectivity index (χ2n) is 6.95. The number of aliphatic imine (C=N–C) groups is 1. The Hall–Kier alpha value is -1.06. The molecular formula is C20H36N2O2S. The fourth-order valence-corrected chi connectivity index (χ4v) is 2.91. The summed E-state index contributed by atoms with van der Waals surface area (Å²) in [5.74, 6) is -0.00481. The predicted octanol–water partition coefficient (Wildman–Crippen LogP) is 5.11. The number of thiocarbonyl (C=S) groups is 1. The molecule has 0 aliphatic carbocycles. The number of isothiocyanates is 1. The van der Waals surface area contributed by atoms with Gasteiger partial charge in [0.1, 0.15) is 0 Å². The van der Waals surface area contributed by atoms with Crippen molar-refractivity contribution in [2.75, 3.05) is 6.54 Å². The Morgan fingerprint density at radius 2 is 1.60 bits per heavy atom. The molecule has 1 N–H and O–H groups in total. The molecule has 0 aliphatic rings. The summed E-state index contributed by atoms with van der Waals surface area (Å²) >= 11 is 4.52. The van der Waals surface area contributed by atoms with E-state index in [4.69, 9.17) is 0 Å². The van der Waals surface area contributed by atoms with Crippen LogP contribution in [0.2, 0.25) is 0 Å². The molecule has 144 valence electrons. The van der Waals surface area contributed by atoms with Gasteiger partial charge < -0.3 is 5.32 Å². The largest absolute Gasteiger partial charge is 0.346 e. The molecule has 0 radical (unpaired) electrons. The zero-order valence-electron chi connectivity index (χ0n) is 16.3. The maximum atomic E-state index is 12.3. The average Bonchev–Trinajstić information content (AvgIpc) is 2.59. The quantitative estimate of drug-likeness (QED) is 0.234. The number of carbonyl (C=O) groups is 2. The third-order valence-corrected chi connectivity index (χ3v) is 4.70. The van der Waals surface area contributed by atoms with Crippen LogP contribution in [0.4, 0.5) is 0 Å². The first kappa shape index (κ1) is 23.9. The van der Waals surface area contributed by atoms with Gasteiger partial charge in [0.05, 0.1) is 11.2 Å². The van der Waals surface area contributed by atoms with E-state index in [2.05, 4.69) is 34.6 Å². The minimum atomic E-state index is -0.375. The fraction of sp³-hybridized carbons (Fsp3) is 0.850. The van der Waals surface area contributed by atoms with Crippen LogP contribution < -0.4 is 5.32 Å². The highest BCUT2D eigenvalue weighted by Crippen LogP contribution is 2.13. The van der Waals surface area contributed by atoms with Gasteiger partial charge in [0.25, 0.3) is 0 Å². The zero-order valence-corrected chi connectivity index (χ0v) is 17.1. The highest BCUT2D eigenvalue weighted by Gasteiger charge is 2.20. The molecule has 0 saturated heterocycles. The second-order valence-corrected chi connectivity index (χ2v) is 7.13. The number of rotatable bonds is 16. The summed E-state index contributed by atoms with van der Waals surface area (Å²) in [4.78, 5) is 27.9. The number of amides is 1. The number of carbonyl (C=O) groups excluding carboxylic acids is 2.